The van der Waals surface area contributed by atoms with Crippen LogP contribution in [0.25, 0.3) is 10.9 Å². The summed E-state index contributed by atoms with van der Waals surface area (Å²) in [6, 6.07) is 2.34. The number of hydrogen-bond acceptors (Lipinski definition) is 5. The molecular weight excluding hydrogens is 237 g/mol. The monoisotopic (exact) mass is 249 g/mol. The Morgan fingerprint density at radius 1 is 1.44 bits per heavy atom. The van der Waals surface area contributed by atoms with Gasteiger partial charge in [0.05, 0.1) is 17.8 Å². The number of carbonyl (C=O) groups is 1. The third-order valence-electron chi connectivity index (χ3n) is 2.50. The summed E-state index contributed by atoms with van der Waals surface area (Å²) in [7, 11) is 0. The molecule has 0 fully saturated rings. The Bertz CT molecular complexity index is 628. The van der Waals surface area contributed by atoms with Crippen LogP contribution in [0.5, 0.6) is 0 Å². The first-order valence-electron chi connectivity index (χ1n) is 5.35. The van der Waals surface area contributed by atoms with Gasteiger partial charge in [0.1, 0.15) is 11.4 Å². The normalized spacial score (nSPS) is 10.6. The second-order valence-electron chi connectivity index (χ2n) is 3.70. The van der Waals surface area contributed by atoms with Crippen molar-refractivity contribution in [2.45, 2.75) is 6.92 Å². The number of aromatic nitrogens is 1. The molecule has 0 saturated heterocycles. The van der Waals surface area contributed by atoms with Crippen molar-refractivity contribution in [2.75, 3.05) is 18.1 Å². The zero-order valence-electron chi connectivity index (χ0n) is 9.74. The third kappa shape index (κ3) is 1.92. The van der Waals surface area contributed by atoms with Crippen LogP contribution < -0.4 is 11.5 Å². The topological polar surface area (TPSA) is 91.2 Å². The van der Waals surface area contributed by atoms with Gasteiger partial charge in [0.15, 0.2) is 0 Å². The van der Waals surface area contributed by atoms with Crippen molar-refractivity contribution < 1.29 is 13.9 Å². The lowest BCUT2D eigenvalue weighted by molar-refractivity contribution is 0.0527. The molecule has 6 heteroatoms. The van der Waals surface area contributed by atoms with E-state index in [2.05, 4.69) is 4.98 Å². The first-order valence-corrected chi connectivity index (χ1v) is 5.35. The number of fused-ring (bicyclic) bond motifs is 1. The molecule has 0 bridgehead atoms. The fraction of sp³-hybridized carbons (Fsp3) is 0.167. The fourth-order valence-corrected chi connectivity index (χ4v) is 1.72. The van der Waals surface area contributed by atoms with E-state index in [-0.39, 0.29) is 23.5 Å². The van der Waals surface area contributed by atoms with Gasteiger partial charge in [-0.3, -0.25) is 4.98 Å². The Morgan fingerprint density at radius 3 is 2.83 bits per heavy atom. The van der Waals surface area contributed by atoms with Gasteiger partial charge >= 0.3 is 5.97 Å². The molecule has 1 heterocycles. The minimum absolute atomic E-state index is 0.127. The molecule has 0 amide bonds. The van der Waals surface area contributed by atoms with E-state index in [0.717, 1.165) is 6.07 Å². The quantitative estimate of drug-likeness (QED) is 0.624. The number of nitrogens with two attached hydrogens (primary N) is 2. The number of benzene rings is 1. The molecule has 2 rings (SSSR count). The summed E-state index contributed by atoms with van der Waals surface area (Å²) in [6.07, 6.45) is 1.26. The van der Waals surface area contributed by atoms with Gasteiger partial charge in [-0.25, -0.2) is 9.18 Å². The maximum Gasteiger partial charge on any atom is 0.341 e. The molecule has 18 heavy (non-hydrogen) atoms. The van der Waals surface area contributed by atoms with E-state index in [0.29, 0.717) is 10.9 Å². The zero-order chi connectivity index (χ0) is 13.3. The molecular formula is C12H12FN3O2. The molecule has 5 nitrogen and oxygen atoms in total. The first-order chi connectivity index (χ1) is 8.54. The highest BCUT2D eigenvalue weighted by Gasteiger charge is 2.16. The molecule has 0 aliphatic carbocycles. The van der Waals surface area contributed by atoms with Crippen LogP contribution in [0.2, 0.25) is 0 Å². The molecule has 0 aliphatic rings. The standard InChI is InChI=1S/C12H12FN3O2/c1-2-18-12(17)7-5-16-9-4-6(13)3-8(14)10(9)11(7)15/h3-5H,2,14H2,1H3,(H2,15,16). The van der Waals surface area contributed by atoms with Crippen molar-refractivity contribution in [1.82, 2.24) is 4.98 Å². The van der Waals surface area contributed by atoms with E-state index in [1.54, 1.807) is 6.92 Å². The van der Waals surface area contributed by atoms with Crippen LogP contribution in [0.1, 0.15) is 17.3 Å². The molecule has 0 radical (unpaired) electrons. The molecule has 0 atom stereocenters. The van der Waals surface area contributed by atoms with Crippen LogP contribution >= 0.6 is 0 Å². The molecule has 1 aromatic heterocycles. The summed E-state index contributed by atoms with van der Waals surface area (Å²) in [5, 5.41) is 0.363. The smallest absolute Gasteiger partial charge is 0.341 e. The lowest BCUT2D eigenvalue weighted by Gasteiger charge is -2.09. The van der Waals surface area contributed by atoms with Gasteiger partial charge in [-0.15, -0.1) is 0 Å². The van der Waals surface area contributed by atoms with E-state index in [4.69, 9.17) is 16.2 Å². The van der Waals surface area contributed by atoms with Crippen molar-refractivity contribution in [1.29, 1.82) is 0 Å². The Labute approximate surface area is 103 Å². The van der Waals surface area contributed by atoms with E-state index < -0.39 is 11.8 Å². The summed E-state index contributed by atoms with van der Waals surface area (Å²) in [6.45, 7) is 1.92. The number of nitrogen functional groups attached to an aromatic ring is 2. The van der Waals surface area contributed by atoms with Gasteiger partial charge in [0.25, 0.3) is 0 Å². The Balaban J connectivity index is 2.67. The molecule has 0 spiro atoms. The van der Waals surface area contributed by atoms with Crippen LogP contribution in [0, 0.1) is 5.82 Å². The number of ether oxygens (including phenoxy) is 1. The molecule has 4 N–H and O–H groups in total. The van der Waals surface area contributed by atoms with Crippen LogP contribution in [-0.2, 0) is 4.74 Å². The number of rotatable bonds is 2. The molecule has 94 valence electrons. The highest BCUT2D eigenvalue weighted by atomic mass is 19.1. The first kappa shape index (κ1) is 12.1. The number of carbonyl (C=O) groups excluding carboxylic acids is 1. The van der Waals surface area contributed by atoms with E-state index in [9.17, 15) is 9.18 Å². The van der Waals surface area contributed by atoms with Gasteiger partial charge in [-0.2, -0.15) is 0 Å². The van der Waals surface area contributed by atoms with Crippen molar-refractivity contribution in [3.63, 3.8) is 0 Å². The largest absolute Gasteiger partial charge is 0.462 e. The number of anilines is 2. The molecule has 1 aromatic carbocycles. The maximum absolute atomic E-state index is 13.2. The summed E-state index contributed by atoms with van der Waals surface area (Å²) >= 11 is 0. The minimum Gasteiger partial charge on any atom is -0.462 e. The Kier molecular flexibility index (Phi) is 3.01. The maximum atomic E-state index is 13.2. The zero-order valence-corrected chi connectivity index (χ0v) is 9.74. The van der Waals surface area contributed by atoms with Crippen LogP contribution in [-0.4, -0.2) is 17.6 Å². The van der Waals surface area contributed by atoms with Crippen molar-refractivity contribution in [2.24, 2.45) is 0 Å². The van der Waals surface area contributed by atoms with Gasteiger partial charge in [-0.1, -0.05) is 0 Å². The summed E-state index contributed by atoms with van der Waals surface area (Å²) < 4.78 is 18.0. The number of hydrogen-bond donors (Lipinski definition) is 2. The fourth-order valence-electron chi connectivity index (χ4n) is 1.72. The summed E-state index contributed by atoms with van der Waals surface area (Å²) in [4.78, 5) is 15.6. The van der Waals surface area contributed by atoms with Crippen molar-refractivity contribution in [3.05, 3.63) is 29.7 Å². The Morgan fingerprint density at radius 2 is 2.17 bits per heavy atom. The summed E-state index contributed by atoms with van der Waals surface area (Å²) in [5.41, 5.74) is 12.3. The highest BCUT2D eigenvalue weighted by Crippen LogP contribution is 2.29. The third-order valence-corrected chi connectivity index (χ3v) is 2.50. The van der Waals surface area contributed by atoms with Gasteiger partial charge < -0.3 is 16.2 Å². The van der Waals surface area contributed by atoms with Crippen LogP contribution in [0.3, 0.4) is 0 Å². The number of esters is 1. The lowest BCUT2D eigenvalue weighted by atomic mass is 10.1. The second kappa shape index (κ2) is 4.48. The number of halogens is 1. The SMILES string of the molecule is CCOC(=O)c1cnc2cc(F)cc(N)c2c1N. The lowest BCUT2D eigenvalue weighted by Crippen LogP contribution is -2.09. The second-order valence-corrected chi connectivity index (χ2v) is 3.70. The van der Waals surface area contributed by atoms with Gasteiger partial charge in [0, 0.05) is 23.3 Å². The average Bonchev–Trinajstić information content (AvgIpc) is 2.28. The van der Waals surface area contributed by atoms with Crippen molar-refractivity contribution >= 4 is 28.2 Å². The number of pyridine rings is 1. The molecule has 0 unspecified atom stereocenters. The molecule has 0 saturated carbocycles. The average molecular weight is 249 g/mol. The Hall–Kier alpha value is -2.37. The van der Waals surface area contributed by atoms with E-state index in [1.165, 1.54) is 12.3 Å². The molecule has 2 aromatic rings. The van der Waals surface area contributed by atoms with Crippen molar-refractivity contribution in [3.8, 4) is 0 Å². The summed E-state index contributed by atoms with van der Waals surface area (Å²) in [5.74, 6) is -1.08. The highest BCUT2D eigenvalue weighted by molar-refractivity contribution is 6.08. The van der Waals surface area contributed by atoms with E-state index in [1.807, 2.05) is 0 Å². The van der Waals surface area contributed by atoms with Gasteiger partial charge in [0.2, 0.25) is 0 Å². The van der Waals surface area contributed by atoms with Crippen LogP contribution in [0.4, 0.5) is 15.8 Å². The van der Waals surface area contributed by atoms with Crippen LogP contribution in [0.15, 0.2) is 18.3 Å². The van der Waals surface area contributed by atoms with Gasteiger partial charge in [-0.05, 0) is 13.0 Å². The number of nitrogens with zero attached hydrogens (tertiary/aromatic N) is 1. The molecule has 0 aliphatic heterocycles. The predicted octanol–water partition coefficient (Wildman–Crippen LogP) is 1.72. The van der Waals surface area contributed by atoms with E-state index >= 15 is 0 Å². The predicted molar refractivity (Wildman–Crippen MR) is 66.5 cm³/mol. The minimum atomic E-state index is -0.576.